The molecule has 6 heterocycles. The molecular formula is C53H70N6O17. The molecule has 3 aromatic rings. The summed E-state index contributed by atoms with van der Waals surface area (Å²) in [5.41, 5.74) is 0.949. The Labute approximate surface area is 441 Å². The van der Waals surface area contributed by atoms with E-state index in [-0.39, 0.29) is 36.3 Å². The molecule has 23 heteroatoms. The predicted octanol–water partition coefficient (Wildman–Crippen LogP) is 6.50. The number of carbonyl (C=O) groups is 4. The minimum absolute atomic E-state index is 0.103. The second-order valence-electron chi connectivity index (χ2n) is 21.2. The average molecular weight is 1060 g/mol. The predicted molar refractivity (Wildman–Crippen MR) is 268 cm³/mol. The largest absolute Gasteiger partial charge is 0.514 e. The standard InChI is InChI=1S/C29H35N3O10.C24H35N3O7/c1-28(2)41-24-23(40-27(34)38-21-11-9-20(10-12-21)32(35)36)22(39-25(24)42-28)17-31-15-13-29(3,14-16-31)30-26(33)37-18-19-7-5-4-6-8-19;1-23(2)33-19-18(32-21(28)25-4)17(31-20(19)34-23)14-27-12-10-24(3,11-13-27)26-22(29)30-15-16-8-6-5-7-9-16/h4-12,22-25H,13-18H2,1-3H3,(H,30,33);5-9,17-20H,10-15H2,1-4H3,(H,25,28)(H,26,29)/t22-,23+,24-,25-;17-,18+,19-,20-/m11/s1. The summed E-state index contributed by atoms with van der Waals surface area (Å²) in [4.78, 5) is 64.2. The molecule has 3 N–H and O–H groups in total. The van der Waals surface area contributed by atoms with E-state index in [4.69, 9.17) is 52.1 Å². The zero-order valence-electron chi connectivity index (χ0n) is 44.0. The van der Waals surface area contributed by atoms with Crippen LogP contribution in [0.3, 0.4) is 0 Å². The van der Waals surface area contributed by atoms with Gasteiger partial charge in [0.05, 0.1) is 4.92 Å². The number of likely N-dealkylation sites (tertiary alicyclic amines) is 2. The highest BCUT2D eigenvalue weighted by molar-refractivity contribution is 5.69. The Hall–Kier alpha value is -6.18. The lowest BCUT2D eigenvalue weighted by Gasteiger charge is -2.40. The lowest BCUT2D eigenvalue weighted by Crippen LogP contribution is -2.55. The van der Waals surface area contributed by atoms with Crippen LogP contribution in [-0.2, 0) is 60.6 Å². The minimum atomic E-state index is -0.985. The number of hydrogen-bond acceptors (Lipinski definition) is 19. The van der Waals surface area contributed by atoms with Gasteiger partial charge in [0.15, 0.2) is 48.6 Å². The molecule has 6 fully saturated rings. The molecule has 6 saturated heterocycles. The number of ether oxygens (including phenoxy) is 11. The van der Waals surface area contributed by atoms with Crippen molar-refractivity contribution in [2.24, 2.45) is 0 Å². The Kier molecular flexibility index (Phi) is 17.7. The maximum atomic E-state index is 12.7. The van der Waals surface area contributed by atoms with E-state index in [0.29, 0.717) is 39.0 Å². The van der Waals surface area contributed by atoms with Gasteiger partial charge in [-0.1, -0.05) is 60.7 Å². The van der Waals surface area contributed by atoms with E-state index in [9.17, 15) is 29.3 Å². The fourth-order valence-corrected chi connectivity index (χ4v) is 9.95. The normalized spacial score (nSPS) is 27.8. The first kappa shape index (κ1) is 56.0. The number of alkyl carbamates (subject to hydrolysis) is 3. The molecule has 6 aliphatic heterocycles. The number of benzene rings is 3. The summed E-state index contributed by atoms with van der Waals surface area (Å²) in [5, 5.41) is 19.4. The smallest absolute Gasteiger partial charge is 0.445 e. The van der Waals surface area contributed by atoms with Gasteiger partial charge in [-0.2, -0.15) is 0 Å². The Bertz CT molecular complexity index is 2450. The van der Waals surface area contributed by atoms with E-state index < -0.39 is 89.6 Å². The summed E-state index contributed by atoms with van der Waals surface area (Å²) in [6.07, 6.45) is -4.29. The van der Waals surface area contributed by atoms with Crippen molar-refractivity contribution in [3.63, 3.8) is 0 Å². The van der Waals surface area contributed by atoms with Gasteiger partial charge in [-0.3, -0.25) is 10.1 Å². The molecule has 414 valence electrons. The first-order chi connectivity index (χ1) is 36.1. The number of nitrogens with zero attached hydrogens (tertiary/aromatic N) is 3. The topological polar surface area (TPSA) is 256 Å². The monoisotopic (exact) mass is 1060 g/mol. The number of nitro groups is 1. The molecule has 0 spiro atoms. The van der Waals surface area contributed by atoms with Gasteiger partial charge < -0.3 is 77.9 Å². The number of carbonyl (C=O) groups excluding carboxylic acids is 4. The number of non-ortho nitro benzene ring substituents is 1. The zero-order chi connectivity index (χ0) is 54.3. The van der Waals surface area contributed by atoms with Crippen molar-refractivity contribution >= 4 is 30.1 Å². The molecule has 0 aromatic heterocycles. The number of nitro benzene ring substituents is 1. The van der Waals surface area contributed by atoms with Crippen molar-refractivity contribution in [2.75, 3.05) is 46.3 Å². The second kappa shape index (κ2) is 24.0. The summed E-state index contributed by atoms with van der Waals surface area (Å²) < 4.78 is 63.2. The summed E-state index contributed by atoms with van der Waals surface area (Å²) in [7, 11) is 1.52. The zero-order valence-corrected chi connectivity index (χ0v) is 44.0. The van der Waals surface area contributed by atoms with Crippen LogP contribution in [0.5, 0.6) is 5.75 Å². The molecule has 76 heavy (non-hydrogen) atoms. The molecule has 8 atom stereocenters. The molecule has 0 saturated carbocycles. The van der Waals surface area contributed by atoms with Gasteiger partial charge >= 0.3 is 24.4 Å². The quantitative estimate of drug-likeness (QED) is 0.0512. The molecule has 9 rings (SSSR count). The Morgan fingerprint density at radius 3 is 1.43 bits per heavy atom. The molecule has 0 radical (unpaired) electrons. The molecule has 0 unspecified atom stereocenters. The maximum absolute atomic E-state index is 12.7. The van der Waals surface area contributed by atoms with Crippen molar-refractivity contribution in [3.8, 4) is 5.75 Å². The summed E-state index contributed by atoms with van der Waals surface area (Å²) in [6, 6.07) is 24.2. The van der Waals surface area contributed by atoms with Gasteiger partial charge in [0.2, 0.25) is 0 Å². The lowest BCUT2D eigenvalue weighted by molar-refractivity contribution is -0.384. The highest BCUT2D eigenvalue weighted by atomic mass is 16.9. The van der Waals surface area contributed by atoms with E-state index in [1.54, 1.807) is 13.8 Å². The molecule has 3 amide bonds. The van der Waals surface area contributed by atoms with Crippen LogP contribution in [0.2, 0.25) is 0 Å². The van der Waals surface area contributed by atoms with E-state index in [1.165, 1.54) is 31.3 Å². The number of rotatable bonds is 14. The molecule has 0 bridgehead atoms. The summed E-state index contributed by atoms with van der Waals surface area (Å²) in [5.74, 6) is -1.61. The van der Waals surface area contributed by atoms with Crippen LogP contribution in [0.4, 0.5) is 24.9 Å². The van der Waals surface area contributed by atoms with Crippen LogP contribution >= 0.6 is 0 Å². The first-order valence-electron chi connectivity index (χ1n) is 25.6. The average Bonchev–Trinajstić information content (AvgIpc) is 4.06. The van der Waals surface area contributed by atoms with Crippen molar-refractivity contribution in [1.82, 2.24) is 25.8 Å². The number of fused-ring (bicyclic) bond motifs is 2. The number of hydrogen-bond donors (Lipinski definition) is 3. The molecular weight excluding hydrogens is 993 g/mol. The Balaban J connectivity index is 0.000000206. The van der Waals surface area contributed by atoms with E-state index in [2.05, 4.69) is 25.8 Å². The fourth-order valence-electron chi connectivity index (χ4n) is 9.95. The fraction of sp³-hybridized carbons (Fsp3) is 0.585. The summed E-state index contributed by atoms with van der Waals surface area (Å²) in [6.45, 7) is 15.4. The highest BCUT2D eigenvalue weighted by Crippen LogP contribution is 2.41. The van der Waals surface area contributed by atoms with Gasteiger partial charge in [0.1, 0.15) is 31.2 Å². The van der Waals surface area contributed by atoms with Crippen LogP contribution in [0.25, 0.3) is 0 Å². The van der Waals surface area contributed by atoms with E-state index in [1.807, 2.05) is 88.4 Å². The van der Waals surface area contributed by atoms with Crippen LogP contribution < -0.4 is 20.7 Å². The van der Waals surface area contributed by atoms with Crippen molar-refractivity contribution in [3.05, 3.63) is 106 Å². The number of nitrogens with one attached hydrogen (secondary N) is 3. The Morgan fingerprint density at radius 2 is 1.03 bits per heavy atom. The van der Waals surface area contributed by atoms with E-state index in [0.717, 1.165) is 37.1 Å². The first-order valence-corrected chi connectivity index (χ1v) is 25.6. The third-order valence-corrected chi connectivity index (χ3v) is 14.1. The number of piperidine rings is 2. The van der Waals surface area contributed by atoms with Crippen LogP contribution in [0.15, 0.2) is 84.9 Å². The van der Waals surface area contributed by atoms with Gasteiger partial charge in [0.25, 0.3) is 5.69 Å². The third kappa shape index (κ3) is 15.1. The molecule has 23 nitrogen and oxygen atoms in total. The molecule has 6 aliphatic rings. The summed E-state index contributed by atoms with van der Waals surface area (Å²) >= 11 is 0. The van der Waals surface area contributed by atoms with Gasteiger partial charge in [-0.05, 0) is 90.5 Å². The van der Waals surface area contributed by atoms with E-state index >= 15 is 0 Å². The second-order valence-corrected chi connectivity index (χ2v) is 21.2. The van der Waals surface area contributed by atoms with Crippen molar-refractivity contribution in [1.29, 1.82) is 0 Å². The van der Waals surface area contributed by atoms with Gasteiger partial charge in [0, 0.05) is 69.5 Å². The number of amides is 3. The van der Waals surface area contributed by atoms with Gasteiger partial charge in [-0.25, -0.2) is 19.2 Å². The van der Waals surface area contributed by atoms with Gasteiger partial charge in [-0.15, -0.1) is 0 Å². The molecule has 3 aromatic carbocycles. The third-order valence-electron chi connectivity index (χ3n) is 14.1. The lowest BCUT2D eigenvalue weighted by atomic mass is 9.89. The SMILES string of the molecule is CC1(NC(=O)OCc2ccccc2)CCN(C[C@H]2O[C@@H]3OC(C)(C)O[C@@H]3[C@H]2OC(=O)Oc2ccc([N+](=O)[O-])cc2)CC1.CNC(=O)O[C@@H]1[C@H]2OC(C)(C)O[C@H]2O[C@@H]1CN1CCC(C)(NC(=O)OCc2ccccc2)CC1. The van der Waals surface area contributed by atoms with Crippen LogP contribution in [-0.4, -0.2) is 157 Å². The van der Waals surface area contributed by atoms with Crippen molar-refractivity contribution < 1.29 is 76.2 Å². The highest BCUT2D eigenvalue weighted by Gasteiger charge is 2.58. The van der Waals surface area contributed by atoms with Crippen LogP contribution in [0.1, 0.15) is 78.4 Å². The van der Waals surface area contributed by atoms with Crippen LogP contribution in [0, 0.1) is 10.1 Å². The molecule has 0 aliphatic carbocycles. The Morgan fingerprint density at radius 1 is 0.605 bits per heavy atom. The maximum Gasteiger partial charge on any atom is 0.514 e. The minimum Gasteiger partial charge on any atom is -0.445 e. The van der Waals surface area contributed by atoms with Crippen molar-refractivity contribution in [2.45, 2.75) is 152 Å².